The number of imide groups is 1. The van der Waals surface area contributed by atoms with E-state index in [0.29, 0.717) is 18.9 Å². The minimum absolute atomic E-state index is 0.217. The van der Waals surface area contributed by atoms with Gasteiger partial charge in [-0.05, 0) is 55.7 Å². The Bertz CT molecular complexity index is 1220. The summed E-state index contributed by atoms with van der Waals surface area (Å²) in [6.07, 6.45) is -3.53. The Labute approximate surface area is 186 Å². The van der Waals surface area contributed by atoms with Gasteiger partial charge in [0, 0.05) is 6.42 Å². The maximum absolute atomic E-state index is 13.5. The van der Waals surface area contributed by atoms with Crippen molar-refractivity contribution in [3.05, 3.63) is 65.0 Å². The molecule has 3 saturated heterocycles. The Hall–Kier alpha value is -3.25. The molecule has 4 atom stereocenters. The van der Waals surface area contributed by atoms with E-state index in [0.717, 1.165) is 16.5 Å². The zero-order valence-corrected chi connectivity index (χ0v) is 17.4. The molecule has 3 heterocycles. The molecule has 3 aliphatic heterocycles. The topological polar surface area (TPSA) is 70.4 Å². The Balaban J connectivity index is 1.55. The van der Waals surface area contributed by atoms with E-state index < -0.39 is 58.0 Å². The van der Waals surface area contributed by atoms with Crippen LogP contribution in [-0.4, -0.2) is 23.0 Å². The first kappa shape index (κ1) is 21.6. The summed E-state index contributed by atoms with van der Waals surface area (Å²) in [6.45, 7) is 1.75. The minimum Gasteiger partial charge on any atom is -0.367 e. The third-order valence-corrected chi connectivity index (χ3v) is 7.12. The molecule has 0 spiro atoms. The second-order valence-corrected chi connectivity index (χ2v) is 9.09. The fraction of sp³-hybridized carbons (Fsp3) is 0.375. The number of halogens is 4. The lowest BCUT2D eigenvalue weighted by Crippen LogP contribution is -2.43. The van der Waals surface area contributed by atoms with E-state index in [2.05, 4.69) is 0 Å². The third-order valence-electron chi connectivity index (χ3n) is 7.12. The first-order chi connectivity index (χ1) is 15.5. The van der Waals surface area contributed by atoms with E-state index in [-0.39, 0.29) is 12.1 Å². The van der Waals surface area contributed by atoms with Gasteiger partial charge in [-0.2, -0.15) is 18.4 Å². The van der Waals surface area contributed by atoms with Gasteiger partial charge in [0.2, 0.25) is 11.8 Å². The standard InChI is InChI=1S/C24H18F4N2O3/c1-22-8-9-23(33-22,11-13-2-5-15(25)6-3-13)19-18(22)20(31)30(21(19)32)16-7-4-14(12-29)17(10-16)24(26,27)28/h2-7,10,18-19H,8-9,11H2,1H3. The summed E-state index contributed by atoms with van der Waals surface area (Å²) < 4.78 is 60.1. The van der Waals surface area contributed by atoms with E-state index in [4.69, 9.17) is 10.00 Å². The summed E-state index contributed by atoms with van der Waals surface area (Å²) in [7, 11) is 0. The maximum atomic E-state index is 13.5. The zero-order valence-electron chi connectivity index (χ0n) is 17.4. The molecule has 5 nitrogen and oxygen atoms in total. The van der Waals surface area contributed by atoms with Crippen LogP contribution in [0.15, 0.2) is 42.5 Å². The van der Waals surface area contributed by atoms with Crippen LogP contribution in [0.4, 0.5) is 23.2 Å². The highest BCUT2D eigenvalue weighted by Gasteiger charge is 2.73. The molecule has 9 heteroatoms. The molecule has 33 heavy (non-hydrogen) atoms. The molecule has 0 radical (unpaired) electrons. The van der Waals surface area contributed by atoms with E-state index in [1.54, 1.807) is 19.1 Å². The molecule has 3 fully saturated rings. The van der Waals surface area contributed by atoms with Crippen LogP contribution in [0.3, 0.4) is 0 Å². The average molecular weight is 458 g/mol. The molecule has 0 aromatic heterocycles. The maximum Gasteiger partial charge on any atom is 0.417 e. The number of anilines is 1. The largest absolute Gasteiger partial charge is 0.417 e. The number of carbonyl (C=O) groups is 2. The number of nitrogens with zero attached hydrogens (tertiary/aromatic N) is 2. The van der Waals surface area contributed by atoms with E-state index in [1.165, 1.54) is 24.3 Å². The third kappa shape index (κ3) is 3.08. The average Bonchev–Trinajstić information content (AvgIpc) is 3.33. The molecule has 170 valence electrons. The van der Waals surface area contributed by atoms with Crippen molar-refractivity contribution in [2.45, 2.75) is 43.6 Å². The van der Waals surface area contributed by atoms with Crippen molar-refractivity contribution in [1.82, 2.24) is 0 Å². The van der Waals surface area contributed by atoms with Gasteiger partial charge < -0.3 is 4.74 Å². The highest BCUT2D eigenvalue weighted by atomic mass is 19.4. The predicted molar refractivity (Wildman–Crippen MR) is 107 cm³/mol. The molecular formula is C24H18F4N2O3. The summed E-state index contributed by atoms with van der Waals surface area (Å²) in [4.78, 5) is 27.7. The Morgan fingerprint density at radius 1 is 1.09 bits per heavy atom. The van der Waals surface area contributed by atoms with Crippen LogP contribution < -0.4 is 4.90 Å². The van der Waals surface area contributed by atoms with E-state index in [1.807, 2.05) is 0 Å². The lowest BCUT2D eigenvalue weighted by molar-refractivity contribution is -0.138. The summed E-state index contributed by atoms with van der Waals surface area (Å²) >= 11 is 0. The Morgan fingerprint density at radius 2 is 1.76 bits per heavy atom. The molecule has 4 unspecified atom stereocenters. The summed E-state index contributed by atoms with van der Waals surface area (Å²) in [5, 5.41) is 9.04. The van der Waals surface area contributed by atoms with Crippen molar-refractivity contribution in [2.24, 2.45) is 11.8 Å². The molecule has 2 amide bonds. The van der Waals surface area contributed by atoms with Crippen molar-refractivity contribution < 1.29 is 31.9 Å². The molecule has 3 aliphatic rings. The van der Waals surface area contributed by atoms with Crippen LogP contribution in [0.1, 0.15) is 36.5 Å². The second-order valence-electron chi connectivity index (χ2n) is 9.09. The molecule has 0 aliphatic carbocycles. The van der Waals surface area contributed by atoms with Gasteiger partial charge in [0.15, 0.2) is 0 Å². The normalized spacial score (nSPS) is 30.6. The van der Waals surface area contributed by atoms with Crippen LogP contribution in [0.25, 0.3) is 0 Å². The SMILES string of the molecule is CC12CCC(Cc3ccc(F)cc3)(O1)C1C(=O)N(c3ccc(C#N)c(C(F)(F)F)c3)C(=O)C12. The Kier molecular flexibility index (Phi) is 4.50. The molecular weight excluding hydrogens is 440 g/mol. The van der Waals surface area contributed by atoms with Gasteiger partial charge in [0.25, 0.3) is 0 Å². The molecule has 2 aromatic rings. The highest BCUT2D eigenvalue weighted by molar-refractivity contribution is 6.23. The lowest BCUT2D eigenvalue weighted by atomic mass is 9.66. The Morgan fingerprint density at radius 3 is 2.39 bits per heavy atom. The van der Waals surface area contributed by atoms with Gasteiger partial charge in [-0.3, -0.25) is 9.59 Å². The molecule has 2 bridgehead atoms. The summed E-state index contributed by atoms with van der Waals surface area (Å²) in [6, 6.07) is 10.1. The predicted octanol–water partition coefficient (Wildman–Crippen LogP) is 4.39. The number of hydrogen-bond acceptors (Lipinski definition) is 4. The van der Waals surface area contributed by atoms with Crippen LogP contribution in [0.5, 0.6) is 0 Å². The zero-order chi connectivity index (χ0) is 23.8. The second kappa shape index (κ2) is 6.87. The van der Waals surface area contributed by atoms with Gasteiger partial charge in [-0.15, -0.1) is 0 Å². The van der Waals surface area contributed by atoms with Crippen molar-refractivity contribution in [2.75, 3.05) is 4.90 Å². The van der Waals surface area contributed by atoms with Gasteiger partial charge in [-0.1, -0.05) is 12.1 Å². The molecule has 0 N–H and O–H groups in total. The van der Waals surface area contributed by atoms with Gasteiger partial charge in [0.05, 0.1) is 45.9 Å². The van der Waals surface area contributed by atoms with Gasteiger partial charge in [-0.25, -0.2) is 9.29 Å². The molecule has 5 rings (SSSR count). The van der Waals surface area contributed by atoms with Crippen LogP contribution >= 0.6 is 0 Å². The lowest BCUT2D eigenvalue weighted by Gasteiger charge is -2.31. The van der Waals surface area contributed by atoms with Crippen molar-refractivity contribution in [3.8, 4) is 6.07 Å². The first-order valence-corrected chi connectivity index (χ1v) is 10.4. The number of nitriles is 1. The summed E-state index contributed by atoms with van der Waals surface area (Å²) in [5.74, 6) is -3.32. The first-order valence-electron chi connectivity index (χ1n) is 10.4. The van der Waals surface area contributed by atoms with Crippen LogP contribution in [-0.2, 0) is 26.9 Å². The quantitative estimate of drug-likeness (QED) is 0.506. The fourth-order valence-corrected chi connectivity index (χ4v) is 5.72. The number of hydrogen-bond donors (Lipinski definition) is 0. The number of benzene rings is 2. The van der Waals surface area contributed by atoms with Crippen molar-refractivity contribution in [3.63, 3.8) is 0 Å². The van der Waals surface area contributed by atoms with Crippen molar-refractivity contribution >= 4 is 17.5 Å². The van der Waals surface area contributed by atoms with E-state index in [9.17, 15) is 27.2 Å². The molecule has 2 aromatic carbocycles. The number of carbonyl (C=O) groups excluding carboxylic acids is 2. The summed E-state index contributed by atoms with van der Waals surface area (Å²) in [5.41, 5.74) is -3.20. The smallest absolute Gasteiger partial charge is 0.367 e. The monoisotopic (exact) mass is 458 g/mol. The number of rotatable bonds is 3. The van der Waals surface area contributed by atoms with Crippen LogP contribution in [0.2, 0.25) is 0 Å². The minimum atomic E-state index is -4.82. The fourth-order valence-electron chi connectivity index (χ4n) is 5.72. The highest BCUT2D eigenvalue weighted by Crippen LogP contribution is 2.62. The molecule has 0 saturated carbocycles. The van der Waals surface area contributed by atoms with Gasteiger partial charge >= 0.3 is 6.18 Å². The number of fused-ring (bicyclic) bond motifs is 5. The number of ether oxygens (including phenoxy) is 1. The van der Waals surface area contributed by atoms with E-state index >= 15 is 0 Å². The number of amides is 2. The van der Waals surface area contributed by atoms with Crippen molar-refractivity contribution in [1.29, 1.82) is 5.26 Å². The number of alkyl halides is 3. The van der Waals surface area contributed by atoms with Gasteiger partial charge in [0.1, 0.15) is 5.82 Å². The van der Waals surface area contributed by atoms with Crippen LogP contribution in [0, 0.1) is 29.0 Å².